The number of carbonyl (C=O) groups excluding carboxylic acids is 1. The Morgan fingerprint density at radius 3 is 2.76 bits per heavy atom. The zero-order valence-corrected chi connectivity index (χ0v) is 13.1. The quantitative estimate of drug-likeness (QED) is 0.872. The van der Waals surface area contributed by atoms with E-state index in [2.05, 4.69) is 43.4 Å². The van der Waals surface area contributed by atoms with Gasteiger partial charge in [0.05, 0.1) is 13.2 Å². The molecule has 0 aromatic heterocycles. The molecule has 0 bridgehead atoms. The average molecular weight is 290 g/mol. The first-order chi connectivity index (χ1) is 10.2. The molecule has 1 saturated heterocycles. The van der Waals surface area contributed by atoms with Crippen LogP contribution in [0, 0.1) is 6.92 Å². The van der Waals surface area contributed by atoms with Crippen LogP contribution in [0.3, 0.4) is 0 Å². The van der Waals surface area contributed by atoms with E-state index < -0.39 is 0 Å². The molecule has 1 N–H and O–H groups in total. The monoisotopic (exact) mass is 290 g/mol. The minimum absolute atomic E-state index is 0.156. The van der Waals surface area contributed by atoms with E-state index in [-0.39, 0.29) is 11.9 Å². The van der Waals surface area contributed by atoms with Gasteiger partial charge in [0.2, 0.25) is 5.91 Å². The number of amides is 1. The first kappa shape index (κ1) is 16.0. The van der Waals surface area contributed by atoms with Crippen molar-refractivity contribution in [1.29, 1.82) is 0 Å². The predicted molar refractivity (Wildman–Crippen MR) is 84.1 cm³/mol. The highest BCUT2D eigenvalue weighted by atomic mass is 16.5. The first-order valence-electron chi connectivity index (χ1n) is 7.83. The van der Waals surface area contributed by atoms with Crippen molar-refractivity contribution in [3.05, 3.63) is 35.4 Å². The van der Waals surface area contributed by atoms with Crippen molar-refractivity contribution in [2.75, 3.05) is 26.3 Å². The van der Waals surface area contributed by atoms with Gasteiger partial charge in [-0.1, -0.05) is 36.8 Å². The van der Waals surface area contributed by atoms with Crippen molar-refractivity contribution in [2.45, 2.75) is 39.3 Å². The second-order valence-corrected chi connectivity index (χ2v) is 5.73. The molecule has 1 aliphatic rings. The Hall–Kier alpha value is -1.39. The molecule has 1 amide bonds. The van der Waals surface area contributed by atoms with Crippen LogP contribution in [0.5, 0.6) is 0 Å². The molecule has 1 heterocycles. The van der Waals surface area contributed by atoms with Gasteiger partial charge in [-0.2, -0.15) is 0 Å². The Balaban J connectivity index is 1.93. The summed E-state index contributed by atoms with van der Waals surface area (Å²) in [6.45, 7) is 7.90. The van der Waals surface area contributed by atoms with Gasteiger partial charge in [-0.25, -0.2) is 0 Å². The third kappa shape index (κ3) is 5.14. The van der Waals surface area contributed by atoms with Gasteiger partial charge in [0.1, 0.15) is 0 Å². The number of hydrogen-bond donors (Lipinski definition) is 1. The van der Waals surface area contributed by atoms with E-state index in [0.29, 0.717) is 19.6 Å². The second kappa shape index (κ2) is 8.15. The van der Waals surface area contributed by atoms with Crippen molar-refractivity contribution in [3.8, 4) is 0 Å². The van der Waals surface area contributed by atoms with Crippen LogP contribution in [0.15, 0.2) is 24.3 Å². The van der Waals surface area contributed by atoms with Crippen LogP contribution >= 0.6 is 0 Å². The maximum atomic E-state index is 12.5. The van der Waals surface area contributed by atoms with Gasteiger partial charge in [0.15, 0.2) is 0 Å². The van der Waals surface area contributed by atoms with Crippen molar-refractivity contribution < 1.29 is 9.53 Å². The van der Waals surface area contributed by atoms with E-state index >= 15 is 0 Å². The predicted octanol–water partition coefficient (Wildman–Crippen LogP) is 2.11. The van der Waals surface area contributed by atoms with E-state index in [4.69, 9.17) is 4.74 Å². The minimum atomic E-state index is 0.156. The van der Waals surface area contributed by atoms with E-state index in [0.717, 1.165) is 26.1 Å². The lowest BCUT2D eigenvalue weighted by molar-refractivity contribution is -0.133. The molecule has 0 aliphatic carbocycles. The number of aryl methyl sites for hydroxylation is 1. The molecule has 1 atom stereocenters. The number of benzene rings is 1. The smallest absolute Gasteiger partial charge is 0.224 e. The molecule has 2 rings (SSSR count). The fourth-order valence-corrected chi connectivity index (χ4v) is 2.57. The van der Waals surface area contributed by atoms with Gasteiger partial charge in [-0.3, -0.25) is 4.79 Å². The van der Waals surface area contributed by atoms with E-state index in [9.17, 15) is 4.79 Å². The van der Waals surface area contributed by atoms with Crippen LogP contribution in [-0.4, -0.2) is 43.2 Å². The number of nitrogens with one attached hydrogen (secondary N) is 1. The summed E-state index contributed by atoms with van der Waals surface area (Å²) in [6, 6.07) is 8.56. The van der Waals surface area contributed by atoms with Gasteiger partial charge < -0.3 is 15.0 Å². The highest BCUT2D eigenvalue weighted by molar-refractivity contribution is 5.76. The van der Waals surface area contributed by atoms with Crippen LogP contribution in [0.4, 0.5) is 0 Å². The number of nitrogens with zero attached hydrogens (tertiary/aromatic N) is 1. The largest absolute Gasteiger partial charge is 0.378 e. The number of rotatable bonds is 6. The van der Waals surface area contributed by atoms with Crippen LogP contribution < -0.4 is 5.32 Å². The van der Waals surface area contributed by atoms with Crippen LogP contribution in [0.2, 0.25) is 0 Å². The summed E-state index contributed by atoms with van der Waals surface area (Å²) in [7, 11) is 0. The summed E-state index contributed by atoms with van der Waals surface area (Å²) in [5.74, 6) is 0.209. The molecule has 0 saturated carbocycles. The number of carbonyl (C=O) groups is 1. The van der Waals surface area contributed by atoms with Crippen molar-refractivity contribution in [1.82, 2.24) is 10.2 Å². The molecule has 1 aromatic rings. The lowest BCUT2D eigenvalue weighted by atomic mass is 10.1. The topological polar surface area (TPSA) is 41.6 Å². The van der Waals surface area contributed by atoms with Gasteiger partial charge in [-0.15, -0.1) is 0 Å². The van der Waals surface area contributed by atoms with Gasteiger partial charge in [-0.05, 0) is 18.9 Å². The number of morpholine rings is 1. The highest BCUT2D eigenvalue weighted by Crippen LogP contribution is 2.10. The van der Waals surface area contributed by atoms with Crippen molar-refractivity contribution >= 4 is 5.91 Å². The molecular weight excluding hydrogens is 264 g/mol. The Kier molecular flexibility index (Phi) is 6.21. The second-order valence-electron chi connectivity index (χ2n) is 5.73. The molecule has 1 unspecified atom stereocenters. The normalized spacial score (nSPS) is 18.5. The molecule has 1 fully saturated rings. The Labute approximate surface area is 127 Å². The Morgan fingerprint density at radius 2 is 2.14 bits per heavy atom. The summed E-state index contributed by atoms with van der Waals surface area (Å²) in [5, 5.41) is 3.35. The third-order valence-corrected chi connectivity index (χ3v) is 3.76. The molecule has 21 heavy (non-hydrogen) atoms. The maximum Gasteiger partial charge on any atom is 0.224 e. The van der Waals surface area contributed by atoms with E-state index in [1.807, 2.05) is 4.90 Å². The van der Waals surface area contributed by atoms with Gasteiger partial charge in [0.25, 0.3) is 0 Å². The molecule has 1 aliphatic heterocycles. The summed E-state index contributed by atoms with van der Waals surface area (Å²) < 4.78 is 5.42. The lowest BCUT2D eigenvalue weighted by Crippen LogP contribution is -2.45. The van der Waals surface area contributed by atoms with Crippen LogP contribution in [-0.2, 0) is 16.1 Å². The molecule has 1 aromatic carbocycles. The number of ether oxygens (including phenoxy) is 1. The van der Waals surface area contributed by atoms with Crippen molar-refractivity contribution in [3.63, 3.8) is 0 Å². The molecule has 4 nitrogen and oxygen atoms in total. The zero-order chi connectivity index (χ0) is 15.1. The van der Waals surface area contributed by atoms with Crippen molar-refractivity contribution in [2.24, 2.45) is 0 Å². The first-order valence-corrected chi connectivity index (χ1v) is 7.83. The summed E-state index contributed by atoms with van der Waals surface area (Å²) in [4.78, 5) is 14.5. The van der Waals surface area contributed by atoms with E-state index in [1.165, 1.54) is 11.1 Å². The Bertz CT molecular complexity index is 439. The SMILES string of the molecule is CCCN(Cc1ccc(C)cc1)C(=O)CC1COCCN1. The summed E-state index contributed by atoms with van der Waals surface area (Å²) in [6.07, 6.45) is 1.50. The average Bonchev–Trinajstić information content (AvgIpc) is 2.50. The third-order valence-electron chi connectivity index (χ3n) is 3.76. The summed E-state index contributed by atoms with van der Waals surface area (Å²) in [5.41, 5.74) is 2.44. The highest BCUT2D eigenvalue weighted by Gasteiger charge is 2.20. The van der Waals surface area contributed by atoms with Crippen LogP contribution in [0.25, 0.3) is 0 Å². The van der Waals surface area contributed by atoms with E-state index in [1.54, 1.807) is 0 Å². The standard InChI is InChI=1S/C17H26N2O2/c1-3-9-19(12-15-6-4-14(2)5-7-15)17(20)11-16-13-21-10-8-18-16/h4-7,16,18H,3,8-13H2,1-2H3. The van der Waals surface area contributed by atoms with Gasteiger partial charge >= 0.3 is 0 Å². The van der Waals surface area contributed by atoms with Gasteiger partial charge in [0, 0.05) is 32.1 Å². The fourth-order valence-electron chi connectivity index (χ4n) is 2.57. The molecule has 0 radical (unpaired) electrons. The number of hydrogen-bond acceptors (Lipinski definition) is 3. The zero-order valence-electron chi connectivity index (χ0n) is 13.1. The molecule has 116 valence electrons. The lowest BCUT2D eigenvalue weighted by Gasteiger charge is -2.27. The molecule has 4 heteroatoms. The maximum absolute atomic E-state index is 12.5. The molecular formula is C17H26N2O2. The molecule has 0 spiro atoms. The fraction of sp³-hybridized carbons (Fsp3) is 0.588. The summed E-state index contributed by atoms with van der Waals surface area (Å²) >= 11 is 0. The minimum Gasteiger partial charge on any atom is -0.378 e. The van der Waals surface area contributed by atoms with Crippen LogP contribution in [0.1, 0.15) is 30.9 Å². The Morgan fingerprint density at radius 1 is 1.38 bits per heavy atom.